The summed E-state index contributed by atoms with van der Waals surface area (Å²) in [4.78, 5) is 18.6. The number of hydrogen-bond acceptors (Lipinski definition) is 5. The average Bonchev–Trinajstić information content (AvgIpc) is 2.93. The monoisotopic (exact) mass is 735 g/mol. The van der Waals surface area contributed by atoms with Crippen molar-refractivity contribution in [2.24, 2.45) is 5.10 Å². The smallest absolute Gasteiger partial charge is 0.282 e. The molecule has 0 bridgehead atoms. The Kier molecular flexibility index (Phi) is 9.11. The van der Waals surface area contributed by atoms with E-state index in [9.17, 15) is 4.79 Å². The number of methoxy groups -OCH3 is 1. The molecule has 202 valence electrons. The van der Waals surface area contributed by atoms with Gasteiger partial charge < -0.3 is 9.47 Å². The summed E-state index contributed by atoms with van der Waals surface area (Å²) in [5, 5.41) is 5.65. The molecule has 0 atom stereocenters. The maximum atomic E-state index is 13.7. The van der Waals surface area contributed by atoms with Gasteiger partial charge in [0.05, 0.1) is 24.2 Å². The van der Waals surface area contributed by atoms with Crippen molar-refractivity contribution in [3.05, 3.63) is 94.3 Å². The Bertz CT molecular complexity index is 1620. The fraction of sp³-hybridized carbons (Fsp3) is 0.276. The maximum Gasteiger partial charge on any atom is 0.282 e. The second kappa shape index (κ2) is 12.5. The van der Waals surface area contributed by atoms with E-state index in [0.717, 1.165) is 44.7 Å². The quantitative estimate of drug-likeness (QED) is 0.178. The zero-order valence-electron chi connectivity index (χ0n) is 21.1. The molecule has 0 radical (unpaired) electrons. The van der Waals surface area contributed by atoms with E-state index in [2.05, 4.69) is 52.9 Å². The molecule has 1 aromatic heterocycles. The van der Waals surface area contributed by atoms with E-state index in [-0.39, 0.29) is 18.1 Å². The molecule has 5 rings (SSSR count). The third-order valence-corrected chi connectivity index (χ3v) is 8.71. The molecule has 0 spiro atoms. The fourth-order valence-electron chi connectivity index (χ4n) is 4.80. The van der Waals surface area contributed by atoms with Gasteiger partial charge in [0.25, 0.3) is 5.56 Å². The summed E-state index contributed by atoms with van der Waals surface area (Å²) in [6.45, 7) is 0.283. The summed E-state index contributed by atoms with van der Waals surface area (Å²) in [7, 11) is 1.56. The van der Waals surface area contributed by atoms with E-state index in [4.69, 9.17) is 26.1 Å². The first-order chi connectivity index (χ1) is 18.8. The van der Waals surface area contributed by atoms with Crippen LogP contribution in [0.3, 0.4) is 0 Å². The molecule has 6 nitrogen and oxygen atoms in total. The van der Waals surface area contributed by atoms with Crippen LogP contribution in [0.25, 0.3) is 10.9 Å². The molecule has 0 N–H and O–H groups in total. The van der Waals surface area contributed by atoms with Crippen LogP contribution in [0.15, 0.2) is 71.8 Å². The molecule has 1 saturated carbocycles. The third-order valence-electron chi connectivity index (χ3n) is 6.77. The first-order valence-corrected chi connectivity index (χ1v) is 15.3. The third kappa shape index (κ3) is 6.42. The zero-order valence-corrected chi connectivity index (χ0v) is 26.6. The van der Waals surface area contributed by atoms with Gasteiger partial charge in [0.15, 0.2) is 11.5 Å². The molecule has 0 aliphatic heterocycles. The van der Waals surface area contributed by atoms with E-state index >= 15 is 0 Å². The van der Waals surface area contributed by atoms with Crippen LogP contribution in [-0.4, -0.2) is 23.0 Å². The first-order valence-electron chi connectivity index (χ1n) is 12.5. The van der Waals surface area contributed by atoms with Crippen LogP contribution in [0, 0.1) is 0 Å². The highest BCUT2D eigenvalue weighted by Crippen LogP contribution is 2.36. The summed E-state index contributed by atoms with van der Waals surface area (Å²) in [6.07, 6.45) is 6.97. The Labute approximate surface area is 256 Å². The Morgan fingerprint density at radius 3 is 2.54 bits per heavy atom. The average molecular weight is 739 g/mol. The molecule has 1 fully saturated rings. The molecule has 1 heterocycles. The lowest BCUT2D eigenvalue weighted by Crippen LogP contribution is -2.25. The highest BCUT2D eigenvalue weighted by molar-refractivity contribution is 9.11. The van der Waals surface area contributed by atoms with E-state index in [1.165, 1.54) is 11.1 Å². The molecule has 1 aliphatic rings. The summed E-state index contributed by atoms with van der Waals surface area (Å²) in [5.41, 5.74) is 2.00. The van der Waals surface area contributed by atoms with E-state index in [1.54, 1.807) is 31.5 Å². The van der Waals surface area contributed by atoms with E-state index < -0.39 is 0 Å². The molecule has 0 amide bonds. The number of ether oxygens (including phenoxy) is 2. The van der Waals surface area contributed by atoms with Crippen molar-refractivity contribution in [3.63, 3.8) is 0 Å². The minimum atomic E-state index is -0.214. The van der Waals surface area contributed by atoms with Crippen LogP contribution in [0.5, 0.6) is 11.5 Å². The predicted octanol–water partition coefficient (Wildman–Crippen LogP) is 8.85. The first kappa shape index (κ1) is 28.3. The highest BCUT2D eigenvalue weighted by Gasteiger charge is 2.23. The van der Waals surface area contributed by atoms with E-state index in [0.29, 0.717) is 38.8 Å². The topological polar surface area (TPSA) is 65.7 Å². The van der Waals surface area contributed by atoms with Crippen molar-refractivity contribution < 1.29 is 9.47 Å². The number of halogens is 4. The number of aromatic nitrogens is 2. The molecule has 4 aromatic rings. The van der Waals surface area contributed by atoms with Crippen molar-refractivity contribution in [1.82, 2.24) is 9.66 Å². The van der Waals surface area contributed by atoms with Crippen LogP contribution >= 0.6 is 59.4 Å². The SMILES string of the molecule is COc1cc(Cl)cc(C=Nn2c(C3CCCCC3)nc3ccc(Br)cc3c2=O)c1OCc1ccc(Br)cc1Br. The lowest BCUT2D eigenvalue weighted by molar-refractivity contribution is 0.283. The van der Waals surface area contributed by atoms with Crippen molar-refractivity contribution >= 4 is 76.5 Å². The second-order valence-corrected chi connectivity index (χ2v) is 12.5. The molecule has 0 unspecified atom stereocenters. The molecule has 0 saturated heterocycles. The van der Waals surface area contributed by atoms with Crippen LogP contribution in [0.1, 0.15) is 55.0 Å². The molecule has 10 heteroatoms. The van der Waals surface area contributed by atoms with E-state index in [1.807, 2.05) is 30.3 Å². The lowest BCUT2D eigenvalue weighted by atomic mass is 9.88. The number of hydrogen-bond donors (Lipinski definition) is 0. The van der Waals surface area contributed by atoms with Gasteiger partial charge >= 0.3 is 0 Å². The second-order valence-electron chi connectivity index (χ2n) is 9.38. The van der Waals surface area contributed by atoms with Gasteiger partial charge in [-0.3, -0.25) is 4.79 Å². The highest BCUT2D eigenvalue weighted by atomic mass is 79.9. The summed E-state index contributed by atoms with van der Waals surface area (Å²) in [5.74, 6) is 1.79. The van der Waals surface area contributed by atoms with Crippen LogP contribution < -0.4 is 15.0 Å². The van der Waals surface area contributed by atoms with Gasteiger partial charge in [0.1, 0.15) is 12.4 Å². The van der Waals surface area contributed by atoms with Crippen LogP contribution in [0.4, 0.5) is 0 Å². The van der Waals surface area contributed by atoms with Gasteiger partial charge in [-0.1, -0.05) is 84.7 Å². The number of fused-ring (bicyclic) bond motifs is 1. The van der Waals surface area contributed by atoms with Gasteiger partial charge in [-0.25, -0.2) is 4.98 Å². The van der Waals surface area contributed by atoms with Crippen LogP contribution in [0.2, 0.25) is 5.02 Å². The molecular formula is C29H25Br3ClN3O3. The molecule has 3 aromatic carbocycles. The minimum Gasteiger partial charge on any atom is -0.493 e. The van der Waals surface area contributed by atoms with Gasteiger partial charge in [-0.05, 0) is 49.2 Å². The van der Waals surface area contributed by atoms with Crippen molar-refractivity contribution in [3.8, 4) is 11.5 Å². The standard InChI is InChI=1S/C29H25Br3ClN3O3/c1-38-26-14-22(33)11-19(27(26)39-16-18-7-8-21(31)13-24(18)32)15-34-36-28(17-5-3-2-4-6-17)35-25-10-9-20(30)12-23(25)29(36)37/h7-15,17H,2-6,16H2,1H3. The number of rotatable bonds is 7. The summed E-state index contributed by atoms with van der Waals surface area (Å²) < 4.78 is 16.0. The molecule has 39 heavy (non-hydrogen) atoms. The fourth-order valence-corrected chi connectivity index (χ4v) is 6.54. The Morgan fingerprint density at radius 1 is 1.05 bits per heavy atom. The molecule has 1 aliphatic carbocycles. The number of nitrogens with zero attached hydrogens (tertiary/aromatic N) is 3. The largest absolute Gasteiger partial charge is 0.493 e. The number of benzene rings is 3. The van der Waals surface area contributed by atoms with Crippen LogP contribution in [-0.2, 0) is 6.61 Å². The van der Waals surface area contributed by atoms with Gasteiger partial charge in [0.2, 0.25) is 0 Å². The predicted molar refractivity (Wildman–Crippen MR) is 167 cm³/mol. The minimum absolute atomic E-state index is 0.163. The Morgan fingerprint density at radius 2 is 1.79 bits per heavy atom. The normalized spacial score (nSPS) is 14.3. The zero-order chi connectivity index (χ0) is 27.5. The lowest BCUT2D eigenvalue weighted by Gasteiger charge is -2.23. The van der Waals surface area contributed by atoms with Gasteiger partial charge in [0, 0.05) is 41.6 Å². The summed E-state index contributed by atoms with van der Waals surface area (Å²) in [6, 6.07) is 14.9. The van der Waals surface area contributed by atoms with Crippen molar-refractivity contribution in [2.45, 2.75) is 44.6 Å². The molecular weight excluding hydrogens is 714 g/mol. The maximum absolute atomic E-state index is 13.7. The Hall–Kier alpha value is -2.20. The van der Waals surface area contributed by atoms with Gasteiger partial charge in [-0.15, -0.1) is 0 Å². The Balaban J connectivity index is 1.58. The van der Waals surface area contributed by atoms with Gasteiger partial charge in [-0.2, -0.15) is 9.78 Å². The van der Waals surface area contributed by atoms with Crippen molar-refractivity contribution in [2.75, 3.05) is 7.11 Å². The summed E-state index contributed by atoms with van der Waals surface area (Å²) >= 11 is 17.0. The van der Waals surface area contributed by atoms with Crippen molar-refractivity contribution in [1.29, 1.82) is 0 Å².